The molecule has 0 aromatic heterocycles. The van der Waals surface area contributed by atoms with Crippen LogP contribution in [-0.4, -0.2) is 79.9 Å². The van der Waals surface area contributed by atoms with Crippen molar-refractivity contribution in [2.24, 2.45) is 4.40 Å². The number of fused-ring (bicyclic) bond motifs is 1. The molecule has 0 unspecified atom stereocenters. The van der Waals surface area contributed by atoms with Gasteiger partial charge in [-0.2, -0.15) is 0 Å². The number of hydrogen-bond acceptors (Lipinski definition) is 5. The average molecular weight is 413 g/mol. The SMILES string of the molecule is O=C(C1=CC=CN2CCS(=O)(=O)N=C12)N1CCN(C/C=C/c2ccccc2)CC1. The van der Waals surface area contributed by atoms with Crippen molar-refractivity contribution in [3.05, 3.63) is 65.9 Å². The van der Waals surface area contributed by atoms with Gasteiger partial charge in [0.05, 0.1) is 11.3 Å². The van der Waals surface area contributed by atoms with Crippen LogP contribution in [0.4, 0.5) is 0 Å². The molecule has 0 radical (unpaired) electrons. The van der Waals surface area contributed by atoms with Gasteiger partial charge in [0, 0.05) is 45.5 Å². The average Bonchev–Trinajstić information content (AvgIpc) is 2.73. The number of piperazine rings is 1. The summed E-state index contributed by atoms with van der Waals surface area (Å²) in [6.45, 7) is 3.94. The molecule has 4 rings (SSSR count). The summed E-state index contributed by atoms with van der Waals surface area (Å²) in [5.74, 6) is 0.0592. The Hall–Kier alpha value is -2.71. The first-order valence-corrected chi connectivity index (χ1v) is 11.3. The second kappa shape index (κ2) is 8.34. The molecule has 152 valence electrons. The van der Waals surface area contributed by atoms with E-state index >= 15 is 0 Å². The van der Waals surface area contributed by atoms with Crippen molar-refractivity contribution in [3.63, 3.8) is 0 Å². The fraction of sp³-hybridized carbons (Fsp3) is 0.333. The monoisotopic (exact) mass is 412 g/mol. The normalized spacial score (nSPS) is 21.7. The number of hydrogen-bond donors (Lipinski definition) is 0. The summed E-state index contributed by atoms with van der Waals surface area (Å²) in [5.41, 5.74) is 1.53. The van der Waals surface area contributed by atoms with E-state index in [4.69, 9.17) is 0 Å². The molecule has 7 nitrogen and oxygen atoms in total. The number of rotatable bonds is 4. The largest absolute Gasteiger partial charge is 0.336 e. The number of sulfonamides is 1. The van der Waals surface area contributed by atoms with E-state index in [1.807, 2.05) is 18.2 Å². The Morgan fingerprint density at radius 1 is 1.07 bits per heavy atom. The first kappa shape index (κ1) is 19.6. The maximum Gasteiger partial charge on any atom is 0.257 e. The molecule has 1 fully saturated rings. The zero-order valence-corrected chi connectivity index (χ0v) is 17.0. The Balaban J connectivity index is 1.35. The minimum atomic E-state index is -3.51. The highest BCUT2D eigenvalue weighted by Gasteiger charge is 2.32. The summed E-state index contributed by atoms with van der Waals surface area (Å²) in [4.78, 5) is 18.8. The summed E-state index contributed by atoms with van der Waals surface area (Å²) >= 11 is 0. The molecule has 1 amide bonds. The van der Waals surface area contributed by atoms with Crippen molar-refractivity contribution in [2.45, 2.75) is 0 Å². The van der Waals surface area contributed by atoms with E-state index in [2.05, 4.69) is 33.6 Å². The molecule has 8 heteroatoms. The summed E-state index contributed by atoms with van der Waals surface area (Å²) in [5, 5.41) is 0. The van der Waals surface area contributed by atoms with Gasteiger partial charge in [0.2, 0.25) is 0 Å². The van der Waals surface area contributed by atoms with Crippen LogP contribution in [0.5, 0.6) is 0 Å². The fourth-order valence-electron chi connectivity index (χ4n) is 3.59. The topological polar surface area (TPSA) is 73.3 Å². The standard InChI is InChI=1S/C21H24N4O3S/c26-21(19-9-5-11-24-16-17-29(27,28)22-20(19)24)25-14-12-23(13-15-25)10-4-8-18-6-2-1-3-7-18/h1-9,11H,10,12-17H2/b8-4+. The van der Waals surface area contributed by atoms with E-state index in [9.17, 15) is 13.2 Å². The molecule has 0 atom stereocenters. The van der Waals surface area contributed by atoms with Crippen LogP contribution in [0.15, 0.2) is 64.7 Å². The lowest BCUT2D eigenvalue weighted by molar-refractivity contribution is -0.128. The Morgan fingerprint density at radius 3 is 2.59 bits per heavy atom. The van der Waals surface area contributed by atoms with Gasteiger partial charge in [0.1, 0.15) is 0 Å². The van der Waals surface area contributed by atoms with Crippen LogP contribution in [0.3, 0.4) is 0 Å². The molecule has 0 spiro atoms. The zero-order chi connectivity index (χ0) is 20.3. The molecule has 3 aliphatic rings. The van der Waals surface area contributed by atoms with Crippen LogP contribution in [0.1, 0.15) is 5.56 Å². The van der Waals surface area contributed by atoms with Crippen molar-refractivity contribution in [1.82, 2.24) is 14.7 Å². The van der Waals surface area contributed by atoms with Crippen LogP contribution < -0.4 is 0 Å². The minimum absolute atomic E-state index is 0.0303. The molecular weight excluding hydrogens is 388 g/mol. The van der Waals surface area contributed by atoms with E-state index in [1.54, 1.807) is 28.2 Å². The van der Waals surface area contributed by atoms with Crippen LogP contribution >= 0.6 is 0 Å². The highest BCUT2D eigenvalue weighted by Crippen LogP contribution is 2.20. The van der Waals surface area contributed by atoms with Crippen molar-refractivity contribution in [3.8, 4) is 0 Å². The third kappa shape index (κ3) is 4.65. The number of amidine groups is 1. The number of carbonyl (C=O) groups excluding carboxylic acids is 1. The molecule has 0 N–H and O–H groups in total. The predicted molar refractivity (Wildman–Crippen MR) is 114 cm³/mol. The van der Waals surface area contributed by atoms with Crippen molar-refractivity contribution < 1.29 is 13.2 Å². The van der Waals surface area contributed by atoms with Gasteiger partial charge >= 0.3 is 0 Å². The molecular formula is C21H24N4O3S. The van der Waals surface area contributed by atoms with Gasteiger partial charge in [0.25, 0.3) is 15.9 Å². The number of amides is 1. The van der Waals surface area contributed by atoms with E-state index in [1.165, 1.54) is 5.56 Å². The van der Waals surface area contributed by atoms with E-state index in [0.29, 0.717) is 25.2 Å². The molecule has 1 aromatic rings. The first-order chi connectivity index (χ1) is 14.0. The first-order valence-electron chi connectivity index (χ1n) is 9.73. The zero-order valence-electron chi connectivity index (χ0n) is 16.1. The Kier molecular flexibility index (Phi) is 5.64. The van der Waals surface area contributed by atoms with E-state index in [-0.39, 0.29) is 17.5 Å². The van der Waals surface area contributed by atoms with Gasteiger partial charge in [-0.3, -0.25) is 9.69 Å². The molecule has 29 heavy (non-hydrogen) atoms. The van der Waals surface area contributed by atoms with E-state index < -0.39 is 10.0 Å². The van der Waals surface area contributed by atoms with Crippen molar-refractivity contribution in [2.75, 3.05) is 45.0 Å². The highest BCUT2D eigenvalue weighted by atomic mass is 32.2. The summed E-state index contributed by atoms with van der Waals surface area (Å²) in [6, 6.07) is 10.2. The maximum atomic E-state index is 13.0. The second-order valence-electron chi connectivity index (χ2n) is 7.22. The summed E-state index contributed by atoms with van der Waals surface area (Å²) < 4.78 is 27.6. The van der Waals surface area contributed by atoms with Gasteiger partial charge < -0.3 is 9.80 Å². The Bertz CT molecular complexity index is 988. The van der Waals surface area contributed by atoms with Crippen LogP contribution in [0, 0.1) is 0 Å². The number of allylic oxidation sites excluding steroid dienone is 2. The van der Waals surface area contributed by atoms with Gasteiger partial charge in [0.15, 0.2) is 5.84 Å². The van der Waals surface area contributed by atoms with E-state index in [0.717, 1.165) is 19.6 Å². The highest BCUT2D eigenvalue weighted by molar-refractivity contribution is 7.90. The third-order valence-electron chi connectivity index (χ3n) is 5.22. The smallest absolute Gasteiger partial charge is 0.257 e. The number of carbonyl (C=O) groups is 1. The molecule has 0 aliphatic carbocycles. The number of benzene rings is 1. The summed E-state index contributed by atoms with van der Waals surface area (Å²) in [7, 11) is -3.51. The maximum absolute atomic E-state index is 13.0. The lowest BCUT2D eigenvalue weighted by atomic mass is 10.1. The van der Waals surface area contributed by atoms with Gasteiger partial charge in [-0.15, -0.1) is 4.40 Å². The molecule has 1 aromatic carbocycles. The molecule has 0 bridgehead atoms. The molecule has 0 saturated carbocycles. The lowest BCUT2D eigenvalue weighted by Crippen LogP contribution is -2.51. The van der Waals surface area contributed by atoms with Crippen molar-refractivity contribution >= 4 is 27.8 Å². The molecule has 3 aliphatic heterocycles. The van der Waals surface area contributed by atoms with Gasteiger partial charge in [-0.05, 0) is 17.7 Å². The second-order valence-corrected chi connectivity index (χ2v) is 8.98. The lowest BCUT2D eigenvalue weighted by Gasteiger charge is -2.36. The quantitative estimate of drug-likeness (QED) is 0.746. The predicted octanol–water partition coefficient (Wildman–Crippen LogP) is 1.34. The van der Waals surface area contributed by atoms with Crippen LogP contribution in [0.2, 0.25) is 0 Å². The van der Waals surface area contributed by atoms with Gasteiger partial charge in [-0.25, -0.2) is 8.42 Å². The van der Waals surface area contributed by atoms with Crippen molar-refractivity contribution in [1.29, 1.82) is 0 Å². The molecule has 1 saturated heterocycles. The Labute approximate surface area is 171 Å². The fourth-order valence-corrected chi connectivity index (χ4v) is 4.57. The van der Waals surface area contributed by atoms with Crippen LogP contribution in [-0.2, 0) is 14.8 Å². The van der Waals surface area contributed by atoms with Gasteiger partial charge in [-0.1, -0.05) is 42.5 Å². The number of nitrogens with zero attached hydrogens (tertiary/aromatic N) is 4. The minimum Gasteiger partial charge on any atom is -0.336 e. The Morgan fingerprint density at radius 2 is 1.83 bits per heavy atom. The summed E-state index contributed by atoms with van der Waals surface area (Å²) in [6.07, 6.45) is 9.44. The van der Waals surface area contributed by atoms with Crippen LogP contribution in [0.25, 0.3) is 6.08 Å². The molecule has 3 heterocycles. The third-order valence-corrected chi connectivity index (χ3v) is 6.37.